The number of nitrogens with one attached hydrogen (secondary N) is 3. The molecule has 0 saturated heterocycles. The van der Waals surface area contributed by atoms with Crippen molar-refractivity contribution in [2.24, 2.45) is 0 Å². The summed E-state index contributed by atoms with van der Waals surface area (Å²) in [6, 6.07) is 10.7. The highest BCUT2D eigenvalue weighted by atomic mass is 32.1. The largest absolute Gasteiger partial charge is 0.336 e. The minimum Gasteiger partial charge on any atom is -0.336 e. The number of aromatic nitrogens is 1. The molecule has 3 N–H and O–H groups in total. The van der Waals surface area contributed by atoms with Gasteiger partial charge in [-0.3, -0.25) is 4.79 Å². The first kappa shape index (κ1) is 18.1. The molecule has 3 amide bonds. The molecule has 0 unspecified atom stereocenters. The summed E-state index contributed by atoms with van der Waals surface area (Å²) in [5, 5.41) is 12.8. The lowest BCUT2D eigenvalue weighted by Gasteiger charge is -2.10. The summed E-state index contributed by atoms with van der Waals surface area (Å²) in [4.78, 5) is 29.4. The Morgan fingerprint density at radius 1 is 1.00 bits per heavy atom. The monoisotopic (exact) mass is 386 g/mol. The van der Waals surface area contributed by atoms with Gasteiger partial charge in [0, 0.05) is 22.8 Å². The number of anilines is 2. The first-order valence-corrected chi connectivity index (χ1v) is 9.75. The van der Waals surface area contributed by atoms with Crippen molar-refractivity contribution in [1.29, 1.82) is 0 Å². The number of hydrogen-bond acceptors (Lipinski definition) is 5. The van der Waals surface area contributed by atoms with Gasteiger partial charge in [0.25, 0.3) is 5.91 Å². The molecule has 3 rings (SSSR count). The van der Waals surface area contributed by atoms with E-state index in [-0.39, 0.29) is 18.0 Å². The Hall–Kier alpha value is -2.71. The third kappa shape index (κ3) is 4.68. The van der Waals surface area contributed by atoms with Crippen molar-refractivity contribution in [1.82, 2.24) is 10.3 Å². The Balaban J connectivity index is 1.60. The number of carbonyl (C=O) groups excluding carboxylic acids is 2. The second-order valence-corrected chi connectivity index (χ2v) is 7.61. The highest BCUT2D eigenvalue weighted by Gasteiger charge is 2.13. The number of hydrogen-bond donors (Lipinski definition) is 3. The Morgan fingerprint density at radius 3 is 2.31 bits per heavy atom. The van der Waals surface area contributed by atoms with Crippen molar-refractivity contribution in [2.75, 3.05) is 10.6 Å². The summed E-state index contributed by atoms with van der Waals surface area (Å²) in [6.45, 7) is 3.78. The topological polar surface area (TPSA) is 83.1 Å². The molecule has 0 aliphatic carbocycles. The van der Waals surface area contributed by atoms with Gasteiger partial charge in [0.05, 0.1) is 4.88 Å². The van der Waals surface area contributed by atoms with Gasteiger partial charge in [0.2, 0.25) is 0 Å². The first-order valence-electron chi connectivity index (χ1n) is 7.99. The van der Waals surface area contributed by atoms with Crippen LogP contribution in [0, 0.1) is 0 Å². The van der Waals surface area contributed by atoms with Gasteiger partial charge >= 0.3 is 6.03 Å². The second-order valence-electron chi connectivity index (χ2n) is 5.80. The molecule has 0 fully saturated rings. The van der Waals surface area contributed by atoms with Gasteiger partial charge in [-0.15, -0.1) is 22.7 Å². The normalized spacial score (nSPS) is 10.6. The van der Waals surface area contributed by atoms with Crippen LogP contribution in [-0.4, -0.2) is 23.0 Å². The Kier molecular flexibility index (Phi) is 5.65. The molecule has 26 heavy (non-hydrogen) atoms. The fourth-order valence-electron chi connectivity index (χ4n) is 2.15. The van der Waals surface area contributed by atoms with Crippen LogP contribution >= 0.6 is 22.7 Å². The lowest BCUT2D eigenvalue weighted by atomic mass is 10.2. The zero-order chi connectivity index (χ0) is 18.5. The molecule has 0 aliphatic rings. The van der Waals surface area contributed by atoms with Crippen molar-refractivity contribution < 1.29 is 9.59 Å². The van der Waals surface area contributed by atoms with Gasteiger partial charge in [-0.25, -0.2) is 9.78 Å². The predicted octanol–water partition coefficient (Wildman–Crippen LogP) is 4.65. The van der Waals surface area contributed by atoms with E-state index in [2.05, 4.69) is 20.9 Å². The van der Waals surface area contributed by atoms with Gasteiger partial charge in [0.1, 0.15) is 10.7 Å². The number of rotatable bonds is 5. The van der Waals surface area contributed by atoms with E-state index in [1.54, 1.807) is 41.0 Å². The SMILES string of the molecule is CC(C)NC(=O)Nc1ccc(NC(=O)c2csc(-c3cccs3)n2)cc1. The van der Waals surface area contributed by atoms with Crippen LogP contribution in [0.15, 0.2) is 47.2 Å². The third-order valence-corrected chi connectivity index (χ3v) is 5.17. The third-order valence-electron chi connectivity index (χ3n) is 3.29. The number of nitrogens with zero attached hydrogens (tertiary/aromatic N) is 1. The fourth-order valence-corrected chi connectivity index (χ4v) is 3.77. The van der Waals surface area contributed by atoms with E-state index in [1.165, 1.54) is 11.3 Å². The summed E-state index contributed by atoms with van der Waals surface area (Å²) in [7, 11) is 0. The predicted molar refractivity (Wildman–Crippen MR) is 107 cm³/mol. The summed E-state index contributed by atoms with van der Waals surface area (Å²) < 4.78 is 0. The average Bonchev–Trinajstić information content (AvgIpc) is 3.27. The van der Waals surface area contributed by atoms with Crippen LogP contribution in [0.1, 0.15) is 24.3 Å². The zero-order valence-electron chi connectivity index (χ0n) is 14.3. The Morgan fingerprint density at radius 2 is 1.69 bits per heavy atom. The van der Waals surface area contributed by atoms with E-state index in [1.807, 2.05) is 31.4 Å². The molecule has 0 aliphatic heterocycles. The average molecular weight is 387 g/mol. The van der Waals surface area contributed by atoms with E-state index in [0.29, 0.717) is 17.1 Å². The van der Waals surface area contributed by atoms with Gasteiger partial charge in [-0.2, -0.15) is 0 Å². The van der Waals surface area contributed by atoms with E-state index < -0.39 is 0 Å². The highest BCUT2D eigenvalue weighted by Crippen LogP contribution is 2.28. The molecular weight excluding hydrogens is 368 g/mol. The second kappa shape index (κ2) is 8.11. The molecule has 2 heterocycles. The van der Waals surface area contributed by atoms with E-state index in [9.17, 15) is 9.59 Å². The Bertz CT molecular complexity index is 886. The van der Waals surface area contributed by atoms with Crippen LogP contribution in [0.3, 0.4) is 0 Å². The lowest BCUT2D eigenvalue weighted by molar-refractivity contribution is 0.102. The smallest absolute Gasteiger partial charge is 0.319 e. The number of benzene rings is 1. The lowest BCUT2D eigenvalue weighted by Crippen LogP contribution is -2.34. The summed E-state index contributed by atoms with van der Waals surface area (Å²) >= 11 is 3.04. The number of thiophene rings is 1. The van der Waals surface area contributed by atoms with Crippen molar-refractivity contribution >= 4 is 46.0 Å². The maximum absolute atomic E-state index is 12.3. The number of amides is 3. The van der Waals surface area contributed by atoms with Crippen LogP contribution < -0.4 is 16.0 Å². The molecule has 0 spiro atoms. The standard InChI is InChI=1S/C18H18N4O2S2/c1-11(2)19-18(24)21-13-7-5-12(6-8-13)20-16(23)14-10-26-17(22-14)15-4-3-9-25-15/h3-11H,1-2H3,(H,20,23)(H2,19,21,24). The highest BCUT2D eigenvalue weighted by molar-refractivity contribution is 7.20. The van der Waals surface area contributed by atoms with E-state index in [0.717, 1.165) is 9.88 Å². The summed E-state index contributed by atoms with van der Waals surface area (Å²) in [6.07, 6.45) is 0. The molecule has 0 atom stereocenters. The molecule has 0 saturated carbocycles. The molecule has 8 heteroatoms. The molecule has 134 valence electrons. The van der Waals surface area contributed by atoms with Gasteiger partial charge in [0.15, 0.2) is 0 Å². The molecule has 0 radical (unpaired) electrons. The molecular formula is C18H18N4O2S2. The van der Waals surface area contributed by atoms with Crippen LogP contribution in [0.5, 0.6) is 0 Å². The molecule has 0 bridgehead atoms. The number of thiazole rings is 1. The van der Waals surface area contributed by atoms with Crippen LogP contribution in [-0.2, 0) is 0 Å². The minimum atomic E-state index is -0.264. The molecule has 2 aromatic heterocycles. The zero-order valence-corrected chi connectivity index (χ0v) is 15.9. The molecule has 1 aromatic carbocycles. The number of urea groups is 1. The van der Waals surface area contributed by atoms with Gasteiger partial charge < -0.3 is 16.0 Å². The first-order chi connectivity index (χ1) is 12.5. The van der Waals surface area contributed by atoms with E-state index >= 15 is 0 Å². The molecule has 6 nitrogen and oxygen atoms in total. The summed E-state index contributed by atoms with van der Waals surface area (Å²) in [5.74, 6) is -0.262. The van der Waals surface area contributed by atoms with Gasteiger partial charge in [-0.1, -0.05) is 6.07 Å². The van der Waals surface area contributed by atoms with Gasteiger partial charge in [-0.05, 0) is 49.6 Å². The van der Waals surface area contributed by atoms with Crippen LogP contribution in [0.4, 0.5) is 16.2 Å². The quantitative estimate of drug-likeness (QED) is 0.597. The van der Waals surface area contributed by atoms with Crippen molar-refractivity contribution in [3.63, 3.8) is 0 Å². The van der Waals surface area contributed by atoms with Crippen LogP contribution in [0.25, 0.3) is 9.88 Å². The van der Waals surface area contributed by atoms with E-state index in [4.69, 9.17) is 0 Å². The fraction of sp³-hybridized carbons (Fsp3) is 0.167. The number of carbonyl (C=O) groups is 2. The van der Waals surface area contributed by atoms with Crippen molar-refractivity contribution in [2.45, 2.75) is 19.9 Å². The maximum Gasteiger partial charge on any atom is 0.319 e. The Labute approximate surface area is 159 Å². The minimum absolute atomic E-state index is 0.0609. The maximum atomic E-state index is 12.3. The van der Waals surface area contributed by atoms with Crippen LogP contribution in [0.2, 0.25) is 0 Å². The molecule has 3 aromatic rings. The van der Waals surface area contributed by atoms with Crippen molar-refractivity contribution in [3.05, 3.63) is 52.9 Å². The summed E-state index contributed by atoms with van der Waals surface area (Å²) in [5.41, 5.74) is 1.67. The van der Waals surface area contributed by atoms with Crippen molar-refractivity contribution in [3.8, 4) is 9.88 Å².